The summed E-state index contributed by atoms with van der Waals surface area (Å²) in [5.41, 5.74) is 2.27. The Balaban J connectivity index is 2.15. The molecule has 0 saturated heterocycles. The summed E-state index contributed by atoms with van der Waals surface area (Å²) in [6, 6.07) is 6.81. The summed E-state index contributed by atoms with van der Waals surface area (Å²) in [7, 11) is -3.60. The molecule has 1 aliphatic rings. The van der Waals surface area contributed by atoms with Crippen molar-refractivity contribution in [3.8, 4) is 0 Å². The molecule has 1 fully saturated rings. The molecule has 0 aliphatic heterocycles. The predicted octanol–water partition coefficient (Wildman–Crippen LogP) is 4.36. The molecule has 1 aromatic rings. The molecule has 1 saturated carbocycles. The molecule has 0 bridgehead atoms. The number of hydrazone groups is 1. The largest absolute Gasteiger partial charge is 0.276 e. The van der Waals surface area contributed by atoms with Crippen molar-refractivity contribution in [1.82, 2.24) is 4.83 Å². The molecule has 1 aromatic carbocycles. The number of hydrogen-bond acceptors (Lipinski definition) is 3. The molecule has 5 heteroatoms. The monoisotopic (exact) mass is 350 g/mol. The summed E-state index contributed by atoms with van der Waals surface area (Å²) in [5.74, 6) is 1.22. The highest BCUT2D eigenvalue weighted by Gasteiger charge is 2.36. The highest BCUT2D eigenvalue weighted by atomic mass is 32.2. The van der Waals surface area contributed by atoms with E-state index in [9.17, 15) is 8.42 Å². The highest BCUT2D eigenvalue weighted by Crippen LogP contribution is 2.41. The van der Waals surface area contributed by atoms with Crippen LogP contribution >= 0.6 is 0 Å². The SMILES string of the molecule is Cc1ccc(S(=O)(=O)NN=C2[C@@H](C)CC(C(C)(C)C)C[C@@H]2C)cc1. The Morgan fingerprint density at radius 2 is 1.54 bits per heavy atom. The second-order valence-corrected chi connectivity index (χ2v) is 9.94. The smallest absolute Gasteiger partial charge is 0.200 e. The first kappa shape index (κ1) is 19.0. The van der Waals surface area contributed by atoms with Gasteiger partial charge in [-0.1, -0.05) is 52.3 Å². The Labute approximate surface area is 146 Å². The fourth-order valence-electron chi connectivity index (χ4n) is 3.49. The second kappa shape index (κ2) is 6.87. The lowest BCUT2D eigenvalue weighted by Crippen LogP contribution is -2.37. The third-order valence-corrected chi connectivity index (χ3v) is 6.36. The Kier molecular flexibility index (Phi) is 5.43. The summed E-state index contributed by atoms with van der Waals surface area (Å²) in [6.07, 6.45) is 2.11. The molecule has 0 unspecified atom stereocenters. The molecule has 1 N–H and O–H groups in total. The van der Waals surface area contributed by atoms with Crippen LogP contribution in [0.25, 0.3) is 0 Å². The van der Waals surface area contributed by atoms with E-state index >= 15 is 0 Å². The molecule has 0 amide bonds. The van der Waals surface area contributed by atoms with E-state index in [1.54, 1.807) is 24.3 Å². The van der Waals surface area contributed by atoms with E-state index in [1.165, 1.54) is 0 Å². The van der Waals surface area contributed by atoms with Gasteiger partial charge in [0.25, 0.3) is 10.0 Å². The fourth-order valence-corrected chi connectivity index (χ4v) is 4.31. The van der Waals surface area contributed by atoms with Gasteiger partial charge in [-0.3, -0.25) is 0 Å². The first-order valence-electron chi connectivity index (χ1n) is 8.66. The van der Waals surface area contributed by atoms with Crippen molar-refractivity contribution < 1.29 is 8.42 Å². The third-order valence-electron chi connectivity index (χ3n) is 5.14. The van der Waals surface area contributed by atoms with Gasteiger partial charge in [-0.25, -0.2) is 4.83 Å². The molecule has 0 heterocycles. The van der Waals surface area contributed by atoms with E-state index in [-0.39, 0.29) is 10.3 Å². The third kappa shape index (κ3) is 4.38. The van der Waals surface area contributed by atoms with Crippen LogP contribution < -0.4 is 4.83 Å². The van der Waals surface area contributed by atoms with E-state index < -0.39 is 10.0 Å². The van der Waals surface area contributed by atoms with Gasteiger partial charge in [-0.2, -0.15) is 13.5 Å². The van der Waals surface area contributed by atoms with Crippen molar-refractivity contribution in [1.29, 1.82) is 0 Å². The quantitative estimate of drug-likeness (QED) is 0.824. The fraction of sp³-hybridized carbons (Fsp3) is 0.632. The molecule has 0 radical (unpaired) electrons. The lowest BCUT2D eigenvalue weighted by molar-refractivity contribution is 0.172. The van der Waals surface area contributed by atoms with Gasteiger partial charge in [0.1, 0.15) is 0 Å². The van der Waals surface area contributed by atoms with E-state index in [1.807, 2.05) is 6.92 Å². The van der Waals surface area contributed by atoms with Crippen molar-refractivity contribution in [3.05, 3.63) is 29.8 Å². The first-order chi connectivity index (χ1) is 11.0. The van der Waals surface area contributed by atoms with Crippen LogP contribution in [0.1, 0.15) is 53.0 Å². The molecule has 2 rings (SSSR count). The molecule has 0 aromatic heterocycles. The van der Waals surface area contributed by atoms with Crippen LogP contribution in [-0.2, 0) is 10.0 Å². The van der Waals surface area contributed by atoms with Gasteiger partial charge in [-0.15, -0.1) is 0 Å². The van der Waals surface area contributed by atoms with Crippen LogP contribution in [0, 0.1) is 30.1 Å². The summed E-state index contributed by atoms with van der Waals surface area (Å²) < 4.78 is 24.8. The number of aryl methyl sites for hydroxylation is 1. The summed E-state index contributed by atoms with van der Waals surface area (Å²) in [6.45, 7) is 13.1. The Morgan fingerprint density at radius 3 is 2.00 bits per heavy atom. The Morgan fingerprint density at radius 1 is 1.04 bits per heavy atom. The average Bonchev–Trinajstić information content (AvgIpc) is 2.45. The Hall–Kier alpha value is -1.36. The van der Waals surface area contributed by atoms with Gasteiger partial charge in [0.05, 0.1) is 4.90 Å². The predicted molar refractivity (Wildman–Crippen MR) is 99.4 cm³/mol. The van der Waals surface area contributed by atoms with Crippen molar-refractivity contribution in [2.45, 2.75) is 59.3 Å². The van der Waals surface area contributed by atoms with Gasteiger partial charge in [-0.05, 0) is 55.1 Å². The number of nitrogens with one attached hydrogen (secondary N) is 1. The van der Waals surface area contributed by atoms with Crippen molar-refractivity contribution in [3.63, 3.8) is 0 Å². The maximum atomic E-state index is 12.4. The van der Waals surface area contributed by atoms with E-state index in [0.717, 1.165) is 24.1 Å². The number of benzene rings is 1. The molecule has 2 atom stereocenters. The molecule has 0 spiro atoms. The van der Waals surface area contributed by atoms with Gasteiger partial charge >= 0.3 is 0 Å². The van der Waals surface area contributed by atoms with Gasteiger partial charge < -0.3 is 0 Å². The summed E-state index contributed by atoms with van der Waals surface area (Å²) in [5, 5.41) is 4.31. The van der Waals surface area contributed by atoms with Gasteiger partial charge in [0.15, 0.2) is 0 Å². The standard InChI is InChI=1S/C19H30N2O2S/c1-13-7-9-17(10-8-13)24(22,23)21-20-18-14(2)11-16(12-15(18)3)19(4,5)6/h7-10,14-16,21H,11-12H2,1-6H3/t14-,15-,16?/m0/s1. The highest BCUT2D eigenvalue weighted by molar-refractivity contribution is 7.89. The summed E-state index contributed by atoms with van der Waals surface area (Å²) >= 11 is 0. The molecule has 134 valence electrons. The van der Waals surface area contributed by atoms with Crippen LogP contribution in [-0.4, -0.2) is 14.1 Å². The van der Waals surface area contributed by atoms with Crippen LogP contribution in [0.4, 0.5) is 0 Å². The molecule has 4 nitrogen and oxygen atoms in total. The zero-order chi connectivity index (χ0) is 18.1. The van der Waals surface area contributed by atoms with Crippen LogP contribution in [0.5, 0.6) is 0 Å². The zero-order valence-electron chi connectivity index (χ0n) is 15.6. The topological polar surface area (TPSA) is 58.5 Å². The lowest BCUT2D eigenvalue weighted by Gasteiger charge is -2.40. The maximum Gasteiger partial charge on any atom is 0.276 e. The van der Waals surface area contributed by atoms with Crippen LogP contribution in [0.3, 0.4) is 0 Å². The van der Waals surface area contributed by atoms with Crippen LogP contribution in [0.15, 0.2) is 34.3 Å². The molecular formula is C19H30N2O2S. The van der Waals surface area contributed by atoms with Crippen molar-refractivity contribution in [2.75, 3.05) is 0 Å². The average molecular weight is 351 g/mol. The number of sulfonamides is 1. The minimum Gasteiger partial charge on any atom is -0.200 e. The van der Waals surface area contributed by atoms with E-state index in [4.69, 9.17) is 0 Å². The number of rotatable bonds is 3. The molecule has 1 aliphatic carbocycles. The molecular weight excluding hydrogens is 320 g/mol. The maximum absolute atomic E-state index is 12.4. The van der Waals surface area contributed by atoms with Crippen molar-refractivity contribution >= 4 is 15.7 Å². The number of hydrogen-bond donors (Lipinski definition) is 1. The zero-order valence-corrected chi connectivity index (χ0v) is 16.4. The normalized spacial score (nSPS) is 25.4. The van der Waals surface area contributed by atoms with Crippen molar-refractivity contribution in [2.24, 2.45) is 28.3 Å². The minimum absolute atomic E-state index is 0.251. The van der Waals surface area contributed by atoms with Gasteiger partial charge in [0, 0.05) is 5.71 Å². The van der Waals surface area contributed by atoms with Crippen LogP contribution in [0.2, 0.25) is 0 Å². The van der Waals surface area contributed by atoms with Gasteiger partial charge in [0.2, 0.25) is 0 Å². The lowest BCUT2D eigenvalue weighted by atomic mass is 9.66. The first-order valence-corrected chi connectivity index (χ1v) is 10.1. The summed E-state index contributed by atoms with van der Waals surface area (Å²) in [4.78, 5) is 2.69. The minimum atomic E-state index is -3.60. The Bertz CT molecular complexity index is 686. The number of nitrogens with zero attached hydrogens (tertiary/aromatic N) is 1. The van der Waals surface area contributed by atoms with E-state index in [2.05, 4.69) is 44.6 Å². The second-order valence-electron chi connectivity index (χ2n) is 8.28. The van der Waals surface area contributed by atoms with E-state index in [0.29, 0.717) is 17.8 Å². The molecule has 24 heavy (non-hydrogen) atoms.